The average molecular weight is 231 g/mol. The zero-order chi connectivity index (χ0) is 12.6. The number of hydrogen-bond acceptors (Lipinski definition) is 1. The van der Waals surface area contributed by atoms with E-state index >= 15 is 0 Å². The van der Waals surface area contributed by atoms with Gasteiger partial charge in [-0.3, -0.25) is 4.79 Å². The summed E-state index contributed by atoms with van der Waals surface area (Å²) in [6.07, 6.45) is 1.65. The van der Waals surface area contributed by atoms with Crippen molar-refractivity contribution in [3.05, 3.63) is 29.8 Å². The molecule has 0 bridgehead atoms. The van der Waals surface area contributed by atoms with Crippen molar-refractivity contribution in [1.29, 1.82) is 0 Å². The monoisotopic (exact) mass is 231 g/mol. The van der Waals surface area contributed by atoms with Crippen LogP contribution in [0.5, 0.6) is 0 Å². The van der Waals surface area contributed by atoms with E-state index in [0.29, 0.717) is 12.5 Å². The van der Waals surface area contributed by atoms with Crippen molar-refractivity contribution in [2.75, 3.05) is 4.90 Å². The van der Waals surface area contributed by atoms with Gasteiger partial charge in [-0.1, -0.05) is 39.0 Å². The van der Waals surface area contributed by atoms with E-state index in [9.17, 15) is 4.79 Å². The SMILES string of the molecule is CC1CCC(=O)N1c1ccccc1C(C)(C)C. The molecule has 1 aromatic carbocycles. The van der Waals surface area contributed by atoms with Gasteiger partial charge in [0.15, 0.2) is 0 Å². The molecule has 0 aliphatic carbocycles. The summed E-state index contributed by atoms with van der Waals surface area (Å²) >= 11 is 0. The fraction of sp³-hybridized carbons (Fsp3) is 0.533. The van der Waals surface area contributed by atoms with Crippen LogP contribution in [-0.2, 0) is 10.2 Å². The summed E-state index contributed by atoms with van der Waals surface area (Å²) in [7, 11) is 0. The molecule has 2 rings (SSSR count). The molecule has 2 nitrogen and oxygen atoms in total. The molecule has 1 aliphatic heterocycles. The maximum absolute atomic E-state index is 12.0. The Hall–Kier alpha value is -1.31. The van der Waals surface area contributed by atoms with Gasteiger partial charge >= 0.3 is 0 Å². The Morgan fingerprint density at radius 1 is 1.24 bits per heavy atom. The molecule has 1 atom stereocenters. The van der Waals surface area contributed by atoms with E-state index in [0.717, 1.165) is 12.1 Å². The molecule has 2 heteroatoms. The molecule has 1 aromatic rings. The standard InChI is InChI=1S/C15H21NO/c1-11-9-10-14(17)16(11)13-8-6-5-7-12(13)15(2,3)4/h5-8,11H,9-10H2,1-4H3. The molecular formula is C15H21NO. The first-order chi connectivity index (χ1) is 7.91. The van der Waals surface area contributed by atoms with Crippen molar-refractivity contribution >= 4 is 11.6 Å². The first kappa shape index (κ1) is 12.2. The van der Waals surface area contributed by atoms with Crippen LogP contribution in [0.3, 0.4) is 0 Å². The van der Waals surface area contributed by atoms with Gasteiger partial charge in [-0.05, 0) is 30.4 Å². The average Bonchev–Trinajstić information content (AvgIpc) is 2.57. The molecule has 0 saturated carbocycles. The fourth-order valence-corrected chi connectivity index (χ4v) is 2.52. The van der Waals surface area contributed by atoms with Gasteiger partial charge in [0, 0.05) is 18.2 Å². The minimum atomic E-state index is 0.0686. The summed E-state index contributed by atoms with van der Waals surface area (Å²) < 4.78 is 0. The highest BCUT2D eigenvalue weighted by atomic mass is 16.2. The molecule has 0 N–H and O–H groups in total. The second-order valence-corrected chi connectivity index (χ2v) is 5.92. The molecule has 0 spiro atoms. The Labute approximate surface area is 104 Å². The first-order valence-corrected chi connectivity index (χ1v) is 6.33. The van der Waals surface area contributed by atoms with Crippen LogP contribution in [0.2, 0.25) is 0 Å². The predicted molar refractivity (Wildman–Crippen MR) is 71.3 cm³/mol. The lowest BCUT2D eigenvalue weighted by molar-refractivity contribution is -0.117. The first-order valence-electron chi connectivity index (χ1n) is 6.33. The highest BCUT2D eigenvalue weighted by Crippen LogP contribution is 2.35. The largest absolute Gasteiger partial charge is 0.309 e. The summed E-state index contributed by atoms with van der Waals surface area (Å²) in [6, 6.07) is 8.59. The Balaban J connectivity index is 2.49. The van der Waals surface area contributed by atoms with E-state index in [2.05, 4.69) is 45.9 Å². The summed E-state index contributed by atoms with van der Waals surface area (Å²) in [5.41, 5.74) is 2.41. The third-order valence-electron chi connectivity index (χ3n) is 3.46. The molecule has 1 saturated heterocycles. The summed E-state index contributed by atoms with van der Waals surface area (Å²) in [4.78, 5) is 14.0. The van der Waals surface area contributed by atoms with Crippen molar-refractivity contribution in [2.45, 2.75) is 52.0 Å². The van der Waals surface area contributed by atoms with Crippen molar-refractivity contribution in [1.82, 2.24) is 0 Å². The molecule has 1 heterocycles. The number of carbonyl (C=O) groups is 1. The van der Waals surface area contributed by atoms with Crippen LogP contribution in [-0.4, -0.2) is 11.9 Å². The number of anilines is 1. The molecule has 0 radical (unpaired) electrons. The number of amides is 1. The zero-order valence-corrected chi connectivity index (χ0v) is 11.2. The van der Waals surface area contributed by atoms with Gasteiger partial charge in [0.1, 0.15) is 0 Å². The van der Waals surface area contributed by atoms with Gasteiger partial charge in [0.2, 0.25) is 5.91 Å². The van der Waals surface area contributed by atoms with E-state index in [1.165, 1.54) is 5.56 Å². The van der Waals surface area contributed by atoms with Gasteiger partial charge in [-0.15, -0.1) is 0 Å². The number of hydrogen-bond donors (Lipinski definition) is 0. The third kappa shape index (κ3) is 2.21. The van der Waals surface area contributed by atoms with Gasteiger partial charge in [0.25, 0.3) is 0 Å². The van der Waals surface area contributed by atoms with E-state index in [4.69, 9.17) is 0 Å². The molecule has 92 valence electrons. The maximum atomic E-state index is 12.0. The highest BCUT2D eigenvalue weighted by molar-refractivity contribution is 5.97. The van der Waals surface area contributed by atoms with E-state index in [1.54, 1.807) is 0 Å². The van der Waals surface area contributed by atoms with Crippen LogP contribution >= 0.6 is 0 Å². The Morgan fingerprint density at radius 2 is 1.88 bits per heavy atom. The summed E-state index contributed by atoms with van der Waals surface area (Å²) in [5, 5.41) is 0. The lowest BCUT2D eigenvalue weighted by Crippen LogP contribution is -2.33. The topological polar surface area (TPSA) is 20.3 Å². The molecule has 1 fully saturated rings. The third-order valence-corrected chi connectivity index (χ3v) is 3.46. The van der Waals surface area contributed by atoms with Crippen LogP contribution in [0.25, 0.3) is 0 Å². The lowest BCUT2D eigenvalue weighted by atomic mass is 9.85. The van der Waals surface area contributed by atoms with Crippen molar-refractivity contribution in [2.24, 2.45) is 0 Å². The number of carbonyl (C=O) groups excluding carboxylic acids is 1. The summed E-state index contributed by atoms with van der Waals surface area (Å²) in [5.74, 6) is 0.259. The van der Waals surface area contributed by atoms with E-state index < -0.39 is 0 Å². The number of rotatable bonds is 1. The second kappa shape index (κ2) is 4.17. The highest BCUT2D eigenvalue weighted by Gasteiger charge is 2.32. The maximum Gasteiger partial charge on any atom is 0.227 e. The Kier molecular flexibility index (Phi) is 2.98. The number of nitrogens with zero attached hydrogens (tertiary/aromatic N) is 1. The predicted octanol–water partition coefficient (Wildman–Crippen LogP) is 3.50. The van der Waals surface area contributed by atoms with Gasteiger partial charge in [-0.2, -0.15) is 0 Å². The second-order valence-electron chi connectivity index (χ2n) is 5.92. The van der Waals surface area contributed by atoms with E-state index in [-0.39, 0.29) is 11.3 Å². The van der Waals surface area contributed by atoms with Gasteiger partial charge in [0.05, 0.1) is 0 Å². The van der Waals surface area contributed by atoms with E-state index in [1.807, 2.05) is 11.0 Å². The molecule has 17 heavy (non-hydrogen) atoms. The normalized spacial score (nSPS) is 21.1. The Morgan fingerprint density at radius 3 is 2.41 bits per heavy atom. The minimum Gasteiger partial charge on any atom is -0.309 e. The van der Waals surface area contributed by atoms with Crippen LogP contribution in [0.1, 0.15) is 46.1 Å². The molecule has 1 amide bonds. The van der Waals surface area contributed by atoms with Crippen LogP contribution in [0.15, 0.2) is 24.3 Å². The number of benzene rings is 1. The summed E-state index contributed by atoms with van der Waals surface area (Å²) in [6.45, 7) is 8.70. The minimum absolute atomic E-state index is 0.0686. The van der Waals surface area contributed by atoms with Crippen LogP contribution in [0.4, 0.5) is 5.69 Å². The molecule has 0 aromatic heterocycles. The van der Waals surface area contributed by atoms with Crippen LogP contribution < -0.4 is 4.90 Å². The van der Waals surface area contributed by atoms with Crippen molar-refractivity contribution in [3.63, 3.8) is 0 Å². The van der Waals surface area contributed by atoms with Crippen molar-refractivity contribution in [3.8, 4) is 0 Å². The smallest absolute Gasteiger partial charge is 0.227 e. The quantitative estimate of drug-likeness (QED) is 0.724. The van der Waals surface area contributed by atoms with Crippen molar-refractivity contribution < 1.29 is 4.79 Å². The van der Waals surface area contributed by atoms with Gasteiger partial charge in [-0.25, -0.2) is 0 Å². The van der Waals surface area contributed by atoms with Gasteiger partial charge < -0.3 is 4.90 Å². The fourth-order valence-electron chi connectivity index (χ4n) is 2.52. The molecular weight excluding hydrogens is 210 g/mol. The van der Waals surface area contributed by atoms with Crippen LogP contribution in [0, 0.1) is 0 Å². The Bertz CT molecular complexity index is 431. The zero-order valence-electron chi connectivity index (χ0n) is 11.2. The molecule has 1 unspecified atom stereocenters. The molecule has 1 aliphatic rings. The lowest BCUT2D eigenvalue weighted by Gasteiger charge is -2.30. The number of para-hydroxylation sites is 1.